The molecule has 22 heavy (non-hydrogen) atoms. The number of benzene rings is 1. The van der Waals surface area contributed by atoms with Gasteiger partial charge < -0.3 is 18.0 Å². The van der Waals surface area contributed by atoms with E-state index in [0.29, 0.717) is 24.9 Å². The van der Waals surface area contributed by atoms with Gasteiger partial charge in [-0.15, -0.1) is 0 Å². The lowest BCUT2D eigenvalue weighted by atomic mass is 10.2. The van der Waals surface area contributed by atoms with E-state index in [0.717, 1.165) is 10.8 Å². The van der Waals surface area contributed by atoms with Crippen molar-refractivity contribution in [3.05, 3.63) is 29.8 Å². The smallest absolute Gasteiger partial charge is 0.480 e. The van der Waals surface area contributed by atoms with Gasteiger partial charge >= 0.3 is 8.80 Å². The van der Waals surface area contributed by atoms with E-state index in [4.69, 9.17) is 30.2 Å². The summed E-state index contributed by atoms with van der Waals surface area (Å²) in [5, 5.41) is 1.38. The van der Waals surface area contributed by atoms with Gasteiger partial charge in [0, 0.05) is 30.6 Å². The number of hydrogen-bond donors (Lipinski definition) is 0. The highest BCUT2D eigenvalue weighted by Gasteiger charge is 2.43. The molecule has 0 saturated carbocycles. The molecule has 0 aromatic heterocycles. The summed E-state index contributed by atoms with van der Waals surface area (Å²) in [7, 11) is -2.90. The van der Waals surface area contributed by atoms with E-state index < -0.39 is 8.80 Å². The van der Waals surface area contributed by atoms with Gasteiger partial charge in [0.2, 0.25) is 0 Å². The predicted molar refractivity (Wildman–Crippen MR) is 94.6 cm³/mol. The zero-order valence-electron chi connectivity index (χ0n) is 14.0. The maximum atomic E-state index is 5.92. The van der Waals surface area contributed by atoms with Crippen LogP contribution in [0.25, 0.3) is 0 Å². The van der Waals surface area contributed by atoms with Gasteiger partial charge in [0.25, 0.3) is 0 Å². The van der Waals surface area contributed by atoms with Crippen molar-refractivity contribution in [2.45, 2.75) is 40.7 Å². The third kappa shape index (κ3) is 5.14. The number of thiocarbonyl (C=S) groups is 1. The van der Waals surface area contributed by atoms with Crippen molar-refractivity contribution in [3.8, 4) is 0 Å². The molecule has 0 saturated heterocycles. The molecular formula is C16H26O4SSi. The lowest BCUT2D eigenvalue weighted by Gasteiger charge is -2.29. The topological polar surface area (TPSA) is 36.9 Å². The van der Waals surface area contributed by atoms with Crippen LogP contribution in [0.15, 0.2) is 24.3 Å². The first-order chi connectivity index (χ1) is 10.5. The summed E-state index contributed by atoms with van der Waals surface area (Å²) in [5.74, 6) is 0. The molecule has 0 spiro atoms. The van der Waals surface area contributed by atoms with Crippen LogP contribution >= 0.6 is 12.2 Å². The Bertz CT molecular complexity index is 462. The van der Waals surface area contributed by atoms with Gasteiger partial charge in [-0.2, -0.15) is 0 Å². The standard InChI is InChI=1S/C16H26O4SSi/c1-6-17-22(18-7-2,19-8-3)15-11-9-10-14(12-15)16(21)20-13(4)5/h9-13H,6-8H2,1-5H3. The fourth-order valence-corrected chi connectivity index (χ4v) is 4.91. The molecule has 0 unspecified atom stereocenters. The van der Waals surface area contributed by atoms with E-state index in [1.54, 1.807) is 0 Å². The summed E-state index contributed by atoms with van der Waals surface area (Å²) in [4.78, 5) is 0. The molecule has 0 aliphatic heterocycles. The van der Waals surface area contributed by atoms with E-state index in [9.17, 15) is 0 Å². The Balaban J connectivity index is 3.16. The third-order valence-corrected chi connectivity index (χ3v) is 6.15. The Morgan fingerprint density at radius 3 is 2.05 bits per heavy atom. The van der Waals surface area contributed by atoms with Crippen molar-refractivity contribution in [1.29, 1.82) is 0 Å². The highest BCUT2D eigenvalue weighted by Crippen LogP contribution is 2.13. The summed E-state index contributed by atoms with van der Waals surface area (Å²) >= 11 is 5.34. The van der Waals surface area contributed by atoms with Crippen LogP contribution in [0.2, 0.25) is 0 Å². The average Bonchev–Trinajstić information content (AvgIpc) is 2.47. The van der Waals surface area contributed by atoms with E-state index in [1.165, 1.54) is 0 Å². The normalized spacial score (nSPS) is 11.7. The van der Waals surface area contributed by atoms with Crippen LogP contribution in [-0.2, 0) is 18.0 Å². The Hall–Kier alpha value is -0.793. The number of ether oxygens (including phenoxy) is 1. The first-order valence-corrected chi connectivity index (χ1v) is 9.85. The second-order valence-corrected chi connectivity index (χ2v) is 7.82. The van der Waals surface area contributed by atoms with E-state index >= 15 is 0 Å². The van der Waals surface area contributed by atoms with Crippen LogP contribution in [0.5, 0.6) is 0 Å². The minimum absolute atomic E-state index is 0.0452. The summed E-state index contributed by atoms with van der Waals surface area (Å²) in [6, 6.07) is 7.78. The highest BCUT2D eigenvalue weighted by atomic mass is 32.1. The lowest BCUT2D eigenvalue weighted by molar-refractivity contribution is 0.0859. The molecular weight excluding hydrogens is 316 g/mol. The van der Waals surface area contributed by atoms with Gasteiger partial charge in [0.05, 0.1) is 6.10 Å². The zero-order chi connectivity index (χ0) is 16.6. The molecule has 124 valence electrons. The first kappa shape index (κ1) is 19.3. The van der Waals surface area contributed by atoms with Gasteiger partial charge in [-0.3, -0.25) is 0 Å². The minimum atomic E-state index is -2.90. The molecule has 0 radical (unpaired) electrons. The maximum Gasteiger partial charge on any atom is 0.537 e. The van der Waals surface area contributed by atoms with Crippen molar-refractivity contribution in [1.82, 2.24) is 0 Å². The third-order valence-electron chi connectivity index (χ3n) is 2.80. The number of rotatable bonds is 9. The van der Waals surface area contributed by atoms with Crippen LogP contribution in [0.4, 0.5) is 0 Å². The van der Waals surface area contributed by atoms with Gasteiger partial charge in [0.15, 0.2) is 5.05 Å². The SMILES string of the molecule is CCO[Si](OCC)(OCC)c1cccc(C(=S)OC(C)C)c1. The predicted octanol–water partition coefficient (Wildman–Crippen LogP) is 3.04. The first-order valence-electron chi connectivity index (χ1n) is 7.72. The second kappa shape index (κ2) is 9.37. The molecule has 1 aromatic carbocycles. The van der Waals surface area contributed by atoms with Gasteiger partial charge in [-0.1, -0.05) is 18.2 Å². The maximum absolute atomic E-state index is 5.92. The number of hydrogen-bond acceptors (Lipinski definition) is 5. The quantitative estimate of drug-likeness (QED) is 0.509. The van der Waals surface area contributed by atoms with Crippen LogP contribution in [0, 0.1) is 0 Å². The molecule has 0 fully saturated rings. The van der Waals surface area contributed by atoms with Crippen LogP contribution in [0.3, 0.4) is 0 Å². The molecule has 1 aromatic rings. The summed E-state index contributed by atoms with van der Waals surface area (Å²) in [6.07, 6.45) is 0.0452. The minimum Gasteiger partial charge on any atom is -0.480 e. The fraction of sp³-hybridized carbons (Fsp3) is 0.562. The van der Waals surface area contributed by atoms with E-state index in [-0.39, 0.29) is 6.10 Å². The molecule has 6 heteroatoms. The molecule has 0 amide bonds. The molecule has 0 atom stereocenters. The van der Waals surface area contributed by atoms with Gasteiger partial charge in [-0.25, -0.2) is 0 Å². The molecule has 0 aliphatic carbocycles. The lowest BCUT2D eigenvalue weighted by Crippen LogP contribution is -2.57. The van der Waals surface area contributed by atoms with Gasteiger partial charge in [0.1, 0.15) is 0 Å². The summed E-state index contributed by atoms with van der Waals surface area (Å²) in [5.41, 5.74) is 0.845. The highest BCUT2D eigenvalue weighted by molar-refractivity contribution is 7.80. The Kier molecular flexibility index (Phi) is 8.20. The largest absolute Gasteiger partial charge is 0.537 e. The van der Waals surface area contributed by atoms with Crippen molar-refractivity contribution in [2.24, 2.45) is 0 Å². The second-order valence-electron chi connectivity index (χ2n) is 4.89. The zero-order valence-corrected chi connectivity index (χ0v) is 15.9. The summed E-state index contributed by atoms with van der Waals surface area (Å²) in [6.45, 7) is 11.3. The molecule has 0 aliphatic rings. The molecule has 1 rings (SSSR count). The van der Waals surface area contributed by atoms with Crippen molar-refractivity contribution in [2.75, 3.05) is 19.8 Å². The fourth-order valence-electron chi connectivity index (χ4n) is 2.06. The van der Waals surface area contributed by atoms with Crippen molar-refractivity contribution >= 4 is 31.3 Å². The molecule has 0 bridgehead atoms. The Labute approximate surface area is 140 Å². The summed E-state index contributed by atoms with van der Waals surface area (Å²) < 4.78 is 23.4. The average molecular weight is 343 g/mol. The molecule has 0 heterocycles. The van der Waals surface area contributed by atoms with Gasteiger partial charge in [-0.05, 0) is 52.9 Å². The molecule has 0 N–H and O–H groups in total. The van der Waals surface area contributed by atoms with E-state index in [1.807, 2.05) is 58.9 Å². The van der Waals surface area contributed by atoms with E-state index in [2.05, 4.69) is 0 Å². The van der Waals surface area contributed by atoms with Crippen molar-refractivity contribution < 1.29 is 18.0 Å². The van der Waals surface area contributed by atoms with Crippen LogP contribution in [0.1, 0.15) is 40.2 Å². The van der Waals surface area contributed by atoms with Crippen molar-refractivity contribution in [3.63, 3.8) is 0 Å². The Morgan fingerprint density at radius 2 is 1.59 bits per heavy atom. The Morgan fingerprint density at radius 1 is 1.05 bits per heavy atom. The van der Waals surface area contributed by atoms with Crippen LogP contribution in [-0.4, -0.2) is 39.8 Å². The molecule has 4 nitrogen and oxygen atoms in total. The monoisotopic (exact) mass is 342 g/mol. The van der Waals surface area contributed by atoms with Crippen LogP contribution < -0.4 is 5.19 Å².